The van der Waals surface area contributed by atoms with E-state index in [0.29, 0.717) is 11.3 Å². The molecule has 2 atom stereocenters. The second kappa shape index (κ2) is 6.75. The van der Waals surface area contributed by atoms with Crippen molar-refractivity contribution >= 4 is 11.9 Å². The third-order valence-electron chi connectivity index (χ3n) is 2.63. The molecule has 0 spiro atoms. The number of hydrogen-bond acceptors (Lipinski definition) is 4. The van der Waals surface area contributed by atoms with Crippen LogP contribution in [0.4, 0.5) is 0 Å². The number of carboxylic acid groups (broad SMARTS) is 1. The first kappa shape index (κ1) is 15.0. The first-order valence-electron chi connectivity index (χ1n) is 5.66. The minimum Gasteiger partial charge on any atom is -0.497 e. The quantitative estimate of drug-likeness (QED) is 0.802. The SMILES string of the molecule is COc1ccc([C@@H](OC)[C@@H](NC(C)=O)C(=O)O)cc1. The van der Waals surface area contributed by atoms with E-state index in [-0.39, 0.29) is 0 Å². The highest BCUT2D eigenvalue weighted by Gasteiger charge is 2.30. The average Bonchev–Trinajstić information content (AvgIpc) is 2.38. The van der Waals surface area contributed by atoms with Gasteiger partial charge in [0.1, 0.15) is 11.9 Å². The zero-order valence-corrected chi connectivity index (χ0v) is 11.0. The van der Waals surface area contributed by atoms with Gasteiger partial charge in [-0.25, -0.2) is 4.79 Å². The van der Waals surface area contributed by atoms with Crippen molar-refractivity contribution in [3.8, 4) is 5.75 Å². The topological polar surface area (TPSA) is 84.9 Å². The molecule has 0 unspecified atom stereocenters. The fraction of sp³-hybridized carbons (Fsp3) is 0.385. The Labute approximate surface area is 111 Å². The van der Waals surface area contributed by atoms with Gasteiger partial charge in [0.25, 0.3) is 0 Å². The van der Waals surface area contributed by atoms with Crippen LogP contribution in [0.2, 0.25) is 0 Å². The molecule has 0 fully saturated rings. The summed E-state index contributed by atoms with van der Waals surface area (Å²) in [5.41, 5.74) is 0.643. The highest BCUT2D eigenvalue weighted by Crippen LogP contribution is 2.23. The molecule has 1 aromatic carbocycles. The maximum absolute atomic E-state index is 11.2. The Balaban J connectivity index is 3.00. The molecule has 0 radical (unpaired) electrons. The van der Waals surface area contributed by atoms with E-state index in [4.69, 9.17) is 14.6 Å². The van der Waals surface area contributed by atoms with Gasteiger partial charge >= 0.3 is 5.97 Å². The zero-order chi connectivity index (χ0) is 14.4. The van der Waals surface area contributed by atoms with Gasteiger partial charge in [-0.05, 0) is 17.7 Å². The van der Waals surface area contributed by atoms with E-state index in [1.165, 1.54) is 14.0 Å². The summed E-state index contributed by atoms with van der Waals surface area (Å²) in [5.74, 6) is -0.925. The Hall–Kier alpha value is -2.08. The molecule has 0 aromatic heterocycles. The van der Waals surface area contributed by atoms with E-state index in [1.54, 1.807) is 31.4 Å². The van der Waals surface area contributed by atoms with Crippen LogP contribution < -0.4 is 10.1 Å². The fourth-order valence-corrected chi connectivity index (χ4v) is 1.74. The lowest BCUT2D eigenvalue weighted by molar-refractivity contribution is -0.145. The Morgan fingerprint density at radius 1 is 1.21 bits per heavy atom. The second-order valence-corrected chi connectivity index (χ2v) is 3.95. The predicted molar refractivity (Wildman–Crippen MR) is 68.0 cm³/mol. The molecule has 0 saturated heterocycles. The third kappa shape index (κ3) is 3.96. The maximum atomic E-state index is 11.2. The van der Waals surface area contributed by atoms with Gasteiger partial charge in [-0.3, -0.25) is 4.79 Å². The van der Waals surface area contributed by atoms with E-state index < -0.39 is 24.0 Å². The van der Waals surface area contributed by atoms with Crippen LogP contribution in [-0.4, -0.2) is 37.2 Å². The summed E-state index contributed by atoms with van der Waals surface area (Å²) >= 11 is 0. The van der Waals surface area contributed by atoms with Gasteiger partial charge in [0.05, 0.1) is 7.11 Å². The highest BCUT2D eigenvalue weighted by atomic mass is 16.5. The zero-order valence-electron chi connectivity index (χ0n) is 11.0. The first-order valence-corrected chi connectivity index (χ1v) is 5.66. The lowest BCUT2D eigenvalue weighted by Crippen LogP contribution is -2.44. The van der Waals surface area contributed by atoms with E-state index in [0.717, 1.165) is 0 Å². The van der Waals surface area contributed by atoms with Crippen molar-refractivity contribution in [1.82, 2.24) is 5.32 Å². The number of carbonyl (C=O) groups excluding carboxylic acids is 1. The number of ether oxygens (including phenoxy) is 2. The molecule has 0 bridgehead atoms. The van der Waals surface area contributed by atoms with Gasteiger partial charge in [-0.1, -0.05) is 12.1 Å². The largest absolute Gasteiger partial charge is 0.497 e. The van der Waals surface area contributed by atoms with Crippen molar-refractivity contribution in [3.63, 3.8) is 0 Å². The average molecular weight is 267 g/mol. The van der Waals surface area contributed by atoms with Crippen molar-refractivity contribution in [1.29, 1.82) is 0 Å². The Bertz CT molecular complexity index is 443. The summed E-state index contributed by atoms with van der Waals surface area (Å²) in [6, 6.07) is 5.66. The minimum atomic E-state index is -1.15. The molecule has 0 aliphatic rings. The molecule has 1 rings (SSSR count). The van der Waals surface area contributed by atoms with Crippen LogP contribution in [-0.2, 0) is 14.3 Å². The monoisotopic (exact) mass is 267 g/mol. The fourth-order valence-electron chi connectivity index (χ4n) is 1.74. The Morgan fingerprint density at radius 2 is 1.79 bits per heavy atom. The van der Waals surface area contributed by atoms with Gasteiger partial charge in [-0.15, -0.1) is 0 Å². The molecule has 2 N–H and O–H groups in total. The number of carboxylic acids is 1. The molecular weight excluding hydrogens is 250 g/mol. The van der Waals surface area contributed by atoms with Crippen molar-refractivity contribution in [2.24, 2.45) is 0 Å². The van der Waals surface area contributed by atoms with Gasteiger partial charge in [0.2, 0.25) is 5.91 Å². The highest BCUT2D eigenvalue weighted by molar-refractivity contribution is 5.82. The van der Waals surface area contributed by atoms with Crippen LogP contribution >= 0.6 is 0 Å². The summed E-state index contributed by atoms with van der Waals surface area (Å²) in [7, 11) is 2.94. The molecule has 1 aromatic rings. The lowest BCUT2D eigenvalue weighted by Gasteiger charge is -2.23. The number of hydrogen-bond donors (Lipinski definition) is 2. The smallest absolute Gasteiger partial charge is 0.329 e. The normalized spacial score (nSPS) is 13.4. The van der Waals surface area contributed by atoms with Crippen molar-refractivity contribution in [2.45, 2.75) is 19.1 Å². The number of methoxy groups -OCH3 is 2. The molecule has 104 valence electrons. The Kier molecular flexibility index (Phi) is 5.32. The molecular formula is C13H17NO5. The standard InChI is InChI=1S/C13H17NO5/c1-8(15)14-11(13(16)17)12(19-3)9-4-6-10(18-2)7-5-9/h4-7,11-12H,1-3H3,(H,14,15)(H,16,17)/t11-,12-/m1/s1. The van der Waals surface area contributed by atoms with E-state index in [9.17, 15) is 9.59 Å². The van der Waals surface area contributed by atoms with Crippen LogP contribution in [0.1, 0.15) is 18.6 Å². The number of aliphatic carboxylic acids is 1. The van der Waals surface area contributed by atoms with Crippen molar-refractivity contribution < 1.29 is 24.2 Å². The summed E-state index contributed by atoms with van der Waals surface area (Å²) < 4.78 is 10.2. The first-order chi connectivity index (χ1) is 8.99. The van der Waals surface area contributed by atoms with Gasteiger partial charge in [0, 0.05) is 14.0 Å². The Morgan fingerprint density at radius 3 is 2.16 bits per heavy atom. The molecule has 6 heteroatoms. The lowest BCUT2D eigenvalue weighted by atomic mass is 10.0. The van der Waals surface area contributed by atoms with Gasteiger partial charge in [0.15, 0.2) is 6.04 Å². The van der Waals surface area contributed by atoms with Gasteiger partial charge < -0.3 is 19.9 Å². The number of rotatable bonds is 6. The van der Waals surface area contributed by atoms with Crippen LogP contribution in [0.15, 0.2) is 24.3 Å². The number of nitrogens with one attached hydrogen (secondary N) is 1. The predicted octanol–water partition coefficient (Wildman–Crippen LogP) is 0.972. The molecule has 6 nitrogen and oxygen atoms in total. The summed E-state index contributed by atoms with van der Waals surface area (Å²) in [4.78, 5) is 22.3. The molecule has 1 amide bonds. The summed E-state index contributed by atoms with van der Waals surface area (Å²) in [6.07, 6.45) is -0.771. The summed E-state index contributed by atoms with van der Waals surface area (Å²) in [5, 5.41) is 11.5. The minimum absolute atomic E-state index is 0.428. The van der Waals surface area contributed by atoms with E-state index in [1.807, 2.05) is 0 Å². The molecule has 19 heavy (non-hydrogen) atoms. The maximum Gasteiger partial charge on any atom is 0.329 e. The van der Waals surface area contributed by atoms with Crippen LogP contribution in [0.3, 0.4) is 0 Å². The number of carbonyl (C=O) groups is 2. The molecule has 0 heterocycles. The van der Waals surface area contributed by atoms with E-state index >= 15 is 0 Å². The third-order valence-corrected chi connectivity index (χ3v) is 2.63. The van der Waals surface area contributed by atoms with Crippen LogP contribution in [0.5, 0.6) is 5.75 Å². The molecule has 0 saturated carbocycles. The van der Waals surface area contributed by atoms with Crippen molar-refractivity contribution in [2.75, 3.05) is 14.2 Å². The molecule has 0 aliphatic heterocycles. The van der Waals surface area contributed by atoms with E-state index in [2.05, 4.69) is 5.32 Å². The van der Waals surface area contributed by atoms with Crippen LogP contribution in [0.25, 0.3) is 0 Å². The van der Waals surface area contributed by atoms with Crippen molar-refractivity contribution in [3.05, 3.63) is 29.8 Å². The number of amides is 1. The second-order valence-electron chi connectivity index (χ2n) is 3.95. The number of benzene rings is 1. The molecule has 0 aliphatic carbocycles. The van der Waals surface area contributed by atoms with Gasteiger partial charge in [-0.2, -0.15) is 0 Å². The summed E-state index contributed by atoms with van der Waals surface area (Å²) in [6.45, 7) is 1.26. The van der Waals surface area contributed by atoms with Crippen LogP contribution in [0, 0.1) is 0 Å².